The number of ether oxygens (including phenoxy) is 2. The minimum absolute atomic E-state index is 0.0839. The van der Waals surface area contributed by atoms with Crippen LogP contribution in [0.25, 0.3) is 22.4 Å². The van der Waals surface area contributed by atoms with Crippen LogP contribution in [-0.2, 0) is 40.1 Å². The molecule has 0 atom stereocenters. The van der Waals surface area contributed by atoms with E-state index >= 15 is 0 Å². The molecule has 2 fully saturated rings. The smallest absolute Gasteiger partial charge is 0.310 e. The molecule has 5 aromatic heterocycles. The van der Waals surface area contributed by atoms with E-state index in [0.29, 0.717) is 75.5 Å². The molecule has 14 heteroatoms. The number of pyridine rings is 3. The second kappa shape index (κ2) is 16.3. The Kier molecular flexibility index (Phi) is 11.1. The minimum atomic E-state index is -2.23. The SMILES string of the molecule is COC(=O)Cc1c(-c2cc(Nc3ccc(N4CCN(C5COC5)CC4)cn3)c3oc([Si](C(C)C)(C(C)C)C(C)C)cc3n2)ccnc1N1CCn2c(cc3c2CC(C)(C)C3)C1=O. The molecule has 0 spiro atoms. The van der Waals surface area contributed by atoms with Crippen LogP contribution in [0.5, 0.6) is 0 Å². The number of rotatable bonds is 12. The Morgan fingerprint density at radius 2 is 1.68 bits per heavy atom. The molecule has 2 saturated heterocycles. The zero-order valence-corrected chi connectivity index (χ0v) is 38.9. The van der Waals surface area contributed by atoms with Crippen LogP contribution in [0.2, 0.25) is 16.6 Å². The predicted molar refractivity (Wildman–Crippen MR) is 247 cm³/mol. The van der Waals surface area contributed by atoms with Crippen molar-refractivity contribution in [2.24, 2.45) is 5.41 Å². The lowest BCUT2D eigenvalue weighted by Crippen LogP contribution is -2.56. The van der Waals surface area contributed by atoms with Crippen molar-refractivity contribution in [3.05, 3.63) is 71.3 Å². The van der Waals surface area contributed by atoms with Gasteiger partial charge in [-0.2, -0.15) is 0 Å². The van der Waals surface area contributed by atoms with Crippen LogP contribution in [0.3, 0.4) is 0 Å². The van der Waals surface area contributed by atoms with Gasteiger partial charge in [0.25, 0.3) is 5.91 Å². The number of piperazine rings is 1. The number of carbonyl (C=O) groups is 2. The Balaban J connectivity index is 1.11. The van der Waals surface area contributed by atoms with Crippen LogP contribution in [-0.4, -0.2) is 103 Å². The molecular weight excluding hydrogens is 797 g/mol. The van der Waals surface area contributed by atoms with Gasteiger partial charge in [0.15, 0.2) is 5.58 Å². The molecule has 0 saturated carbocycles. The summed E-state index contributed by atoms with van der Waals surface area (Å²) in [4.78, 5) is 49.3. The zero-order valence-electron chi connectivity index (χ0n) is 37.9. The maximum Gasteiger partial charge on any atom is 0.310 e. The van der Waals surface area contributed by atoms with E-state index in [0.717, 1.165) is 74.5 Å². The van der Waals surface area contributed by atoms with E-state index in [1.54, 1.807) is 11.1 Å². The summed E-state index contributed by atoms with van der Waals surface area (Å²) in [5.41, 5.74) is 9.71. The first-order valence-corrected chi connectivity index (χ1v) is 24.7. The molecule has 13 nitrogen and oxygen atoms in total. The van der Waals surface area contributed by atoms with E-state index in [9.17, 15) is 9.59 Å². The third kappa shape index (κ3) is 7.31. The quantitative estimate of drug-likeness (QED) is 0.0977. The Morgan fingerprint density at radius 3 is 2.32 bits per heavy atom. The molecule has 0 bridgehead atoms. The fourth-order valence-corrected chi connectivity index (χ4v) is 17.7. The van der Waals surface area contributed by atoms with E-state index in [-0.39, 0.29) is 17.7 Å². The Labute approximate surface area is 366 Å². The number of aromatic nitrogens is 4. The summed E-state index contributed by atoms with van der Waals surface area (Å²) in [5.74, 6) is 0.577. The Morgan fingerprint density at radius 1 is 0.935 bits per heavy atom. The molecule has 328 valence electrons. The first-order chi connectivity index (χ1) is 29.7. The lowest BCUT2D eigenvalue weighted by molar-refractivity contribution is -0.139. The summed E-state index contributed by atoms with van der Waals surface area (Å²) in [7, 11) is -0.849. The summed E-state index contributed by atoms with van der Waals surface area (Å²) in [6.07, 6.45) is 5.46. The number of esters is 1. The average Bonchev–Trinajstić information content (AvgIpc) is 3.88. The number of hydrogen-bond acceptors (Lipinski definition) is 11. The van der Waals surface area contributed by atoms with Gasteiger partial charge in [0.1, 0.15) is 30.9 Å². The van der Waals surface area contributed by atoms with Gasteiger partial charge in [-0.3, -0.25) is 19.4 Å². The van der Waals surface area contributed by atoms with E-state index < -0.39 is 14.0 Å². The number of carbonyl (C=O) groups excluding carboxylic acids is 2. The van der Waals surface area contributed by atoms with E-state index in [1.807, 2.05) is 24.4 Å². The Bertz CT molecular complexity index is 2470. The summed E-state index contributed by atoms with van der Waals surface area (Å²) in [5, 5.41) is 4.65. The third-order valence-electron chi connectivity index (χ3n) is 14.3. The average molecular weight is 859 g/mol. The third-order valence-corrected chi connectivity index (χ3v) is 21.2. The molecule has 8 heterocycles. The number of furan rings is 1. The number of methoxy groups -OCH3 is 1. The molecule has 0 radical (unpaired) electrons. The van der Waals surface area contributed by atoms with Crippen molar-refractivity contribution in [2.75, 3.05) is 68.2 Å². The number of anilines is 4. The van der Waals surface area contributed by atoms with Gasteiger partial charge in [-0.15, -0.1) is 0 Å². The summed E-state index contributed by atoms with van der Waals surface area (Å²) in [6, 6.07) is 12.8. The number of fused-ring (bicyclic) bond motifs is 4. The molecule has 0 aromatic carbocycles. The van der Waals surface area contributed by atoms with Gasteiger partial charge in [0.05, 0.1) is 61.4 Å². The molecular formula is C48H62N8O5Si. The maximum atomic E-state index is 14.4. The minimum Gasteiger partial charge on any atom is -0.469 e. The van der Waals surface area contributed by atoms with Gasteiger partial charge in [-0.25, -0.2) is 15.0 Å². The molecule has 1 aliphatic carbocycles. The predicted octanol–water partition coefficient (Wildman–Crippen LogP) is 7.74. The van der Waals surface area contributed by atoms with Crippen LogP contribution in [0.1, 0.15) is 82.7 Å². The molecule has 62 heavy (non-hydrogen) atoms. The van der Waals surface area contributed by atoms with Crippen LogP contribution < -0.4 is 20.5 Å². The van der Waals surface area contributed by atoms with Gasteiger partial charge in [-0.05, 0) is 70.8 Å². The second-order valence-electron chi connectivity index (χ2n) is 19.6. The van der Waals surface area contributed by atoms with Crippen LogP contribution >= 0.6 is 0 Å². The summed E-state index contributed by atoms with van der Waals surface area (Å²) < 4.78 is 19.9. The summed E-state index contributed by atoms with van der Waals surface area (Å²) in [6.45, 7) is 25.2. The van der Waals surface area contributed by atoms with Gasteiger partial charge in [-0.1, -0.05) is 55.4 Å². The molecule has 1 amide bonds. The fraction of sp³-hybridized carbons (Fsp3) is 0.521. The summed E-state index contributed by atoms with van der Waals surface area (Å²) >= 11 is 0. The van der Waals surface area contributed by atoms with Crippen molar-refractivity contribution in [1.29, 1.82) is 0 Å². The van der Waals surface area contributed by atoms with Gasteiger partial charge in [0, 0.05) is 68.4 Å². The highest BCUT2D eigenvalue weighted by Gasteiger charge is 2.48. The van der Waals surface area contributed by atoms with E-state index in [2.05, 4.69) is 93.3 Å². The van der Waals surface area contributed by atoms with Gasteiger partial charge in [0.2, 0.25) is 0 Å². The van der Waals surface area contributed by atoms with E-state index in [1.165, 1.54) is 18.4 Å². The van der Waals surface area contributed by atoms with Crippen molar-refractivity contribution < 1.29 is 23.5 Å². The van der Waals surface area contributed by atoms with Crippen molar-refractivity contribution in [2.45, 2.75) is 104 Å². The van der Waals surface area contributed by atoms with Crippen LogP contribution in [0.4, 0.5) is 23.0 Å². The first kappa shape index (κ1) is 42.3. The highest BCUT2D eigenvalue weighted by Crippen LogP contribution is 2.44. The number of amides is 1. The monoisotopic (exact) mass is 858 g/mol. The van der Waals surface area contributed by atoms with Crippen molar-refractivity contribution in [1.82, 2.24) is 24.4 Å². The van der Waals surface area contributed by atoms with Crippen molar-refractivity contribution in [3.63, 3.8) is 0 Å². The van der Waals surface area contributed by atoms with Gasteiger partial charge >= 0.3 is 5.97 Å². The lowest BCUT2D eigenvalue weighted by Gasteiger charge is -2.43. The number of hydrogen-bond donors (Lipinski definition) is 1. The topological polar surface area (TPSA) is 131 Å². The van der Waals surface area contributed by atoms with Crippen molar-refractivity contribution in [3.8, 4) is 11.3 Å². The normalized spacial score (nSPS) is 18.2. The Hall–Kier alpha value is -5.05. The standard InChI is InChI=1S/C48H62N8O5Si/c1-29(2)62(30(3)4,31(5)6)44-23-39-45(61-44)38(52-42-11-10-33(26-50-42)53-14-16-54(17-15-53)34-27-60-28-34)22-37(51-39)35-12-13-49-46(36(35)21-43(57)59-9)56-19-18-55-40(47(56)58)20-32-24-48(7,8)25-41(32)55/h10-13,20,22-23,26,29-31,34H,14-19,21,24-25,27-28H2,1-9H3,(H,50,51,52). The lowest BCUT2D eigenvalue weighted by atomic mass is 9.90. The molecule has 9 rings (SSSR count). The molecule has 0 unspecified atom stereocenters. The molecule has 3 aliphatic heterocycles. The molecule has 1 N–H and O–H groups in total. The highest BCUT2D eigenvalue weighted by molar-refractivity contribution is 6.94. The van der Waals surface area contributed by atoms with E-state index in [4.69, 9.17) is 28.8 Å². The zero-order chi connectivity index (χ0) is 43.7. The fourth-order valence-electron chi connectivity index (χ4n) is 11.3. The van der Waals surface area contributed by atoms with Crippen LogP contribution in [0.15, 0.2) is 53.2 Å². The largest absolute Gasteiger partial charge is 0.469 e. The second-order valence-corrected chi connectivity index (χ2v) is 25.4. The van der Waals surface area contributed by atoms with Crippen LogP contribution in [0, 0.1) is 5.41 Å². The van der Waals surface area contributed by atoms with Crippen molar-refractivity contribution >= 4 is 59.4 Å². The number of nitrogens with zero attached hydrogens (tertiary/aromatic N) is 7. The molecule has 4 aliphatic rings. The maximum absolute atomic E-state index is 14.4. The highest BCUT2D eigenvalue weighted by atomic mass is 28.3. The number of nitrogens with one attached hydrogen (secondary N) is 1. The first-order valence-electron chi connectivity index (χ1n) is 22.5. The van der Waals surface area contributed by atoms with Gasteiger partial charge < -0.3 is 28.7 Å². The molecule has 5 aromatic rings.